The predicted molar refractivity (Wildman–Crippen MR) is 108 cm³/mol. The molecule has 138 valence electrons. The molecule has 0 spiro atoms. The van der Waals surface area contributed by atoms with Crippen LogP contribution in [0.2, 0.25) is 5.02 Å². The van der Waals surface area contributed by atoms with Gasteiger partial charge in [0.25, 0.3) is 5.91 Å². The number of aromatic nitrogens is 1. The van der Waals surface area contributed by atoms with Crippen LogP contribution in [0.5, 0.6) is 5.75 Å². The molecule has 0 aliphatic heterocycles. The Hall–Kier alpha value is -2.85. The third kappa shape index (κ3) is 5.31. The lowest BCUT2D eigenvalue weighted by Crippen LogP contribution is -2.32. The molecule has 0 unspecified atom stereocenters. The summed E-state index contributed by atoms with van der Waals surface area (Å²) in [4.78, 5) is 16.6. The minimum absolute atomic E-state index is 0.195. The summed E-state index contributed by atoms with van der Waals surface area (Å²) in [6.07, 6.45) is 4.32. The number of anilines is 1. The molecule has 3 aromatic rings. The normalized spacial score (nSPS) is 11.6. The topological polar surface area (TPSA) is 51.2 Å². The first-order valence-electron chi connectivity index (χ1n) is 8.85. The second kappa shape index (κ2) is 9.19. The van der Waals surface area contributed by atoms with Gasteiger partial charge in [0.1, 0.15) is 5.75 Å². The zero-order valence-corrected chi connectivity index (χ0v) is 15.8. The minimum Gasteiger partial charge on any atom is -0.479 e. The summed E-state index contributed by atoms with van der Waals surface area (Å²) < 4.78 is 5.78. The van der Waals surface area contributed by atoms with Crippen molar-refractivity contribution in [2.45, 2.75) is 25.9 Å². The van der Waals surface area contributed by atoms with E-state index in [0.717, 1.165) is 12.1 Å². The van der Waals surface area contributed by atoms with E-state index in [9.17, 15) is 4.79 Å². The van der Waals surface area contributed by atoms with Crippen molar-refractivity contribution in [3.05, 3.63) is 89.2 Å². The van der Waals surface area contributed by atoms with Crippen molar-refractivity contribution in [3.63, 3.8) is 0 Å². The first-order chi connectivity index (χ1) is 13.2. The van der Waals surface area contributed by atoms with Crippen molar-refractivity contribution in [1.29, 1.82) is 0 Å². The van der Waals surface area contributed by atoms with Crippen LogP contribution >= 0.6 is 11.6 Å². The third-order valence-electron chi connectivity index (χ3n) is 4.15. The van der Waals surface area contributed by atoms with Crippen molar-refractivity contribution >= 4 is 23.2 Å². The smallest absolute Gasteiger partial charge is 0.265 e. The summed E-state index contributed by atoms with van der Waals surface area (Å²) in [5.41, 5.74) is 3.10. The average Bonchev–Trinajstić information content (AvgIpc) is 2.69. The van der Waals surface area contributed by atoms with Gasteiger partial charge >= 0.3 is 0 Å². The second-order valence-electron chi connectivity index (χ2n) is 6.16. The maximum atomic E-state index is 12.5. The molecule has 1 amide bonds. The van der Waals surface area contributed by atoms with Crippen LogP contribution in [0.15, 0.2) is 73.1 Å². The van der Waals surface area contributed by atoms with E-state index in [1.54, 1.807) is 24.5 Å². The Balaban J connectivity index is 1.61. The molecule has 2 aromatic carbocycles. The highest BCUT2D eigenvalue weighted by molar-refractivity contribution is 6.32. The molecule has 0 fully saturated rings. The van der Waals surface area contributed by atoms with Gasteiger partial charge in [0.05, 0.1) is 5.02 Å². The molecule has 0 saturated heterocycles. The van der Waals surface area contributed by atoms with Crippen LogP contribution in [-0.2, 0) is 11.2 Å². The van der Waals surface area contributed by atoms with E-state index in [2.05, 4.69) is 10.3 Å². The second-order valence-corrected chi connectivity index (χ2v) is 6.57. The number of para-hydroxylation sites is 1. The maximum absolute atomic E-state index is 12.5. The van der Waals surface area contributed by atoms with Gasteiger partial charge in [-0.2, -0.15) is 0 Å². The van der Waals surface area contributed by atoms with E-state index >= 15 is 0 Å². The number of carbonyl (C=O) groups excluding carboxylic acids is 1. The number of pyridine rings is 1. The van der Waals surface area contributed by atoms with Crippen LogP contribution in [0.1, 0.15) is 24.5 Å². The molecule has 27 heavy (non-hydrogen) atoms. The fraction of sp³-hybridized carbons (Fsp3) is 0.182. The molecule has 5 heteroatoms. The third-order valence-corrected chi connectivity index (χ3v) is 4.46. The van der Waals surface area contributed by atoms with Crippen LogP contribution in [0, 0.1) is 0 Å². The number of benzene rings is 2. The van der Waals surface area contributed by atoms with Crippen LogP contribution < -0.4 is 10.1 Å². The average molecular weight is 381 g/mol. The van der Waals surface area contributed by atoms with Crippen molar-refractivity contribution in [3.8, 4) is 5.75 Å². The molecule has 0 saturated carbocycles. The molecule has 0 bridgehead atoms. The van der Waals surface area contributed by atoms with Gasteiger partial charge in [-0.3, -0.25) is 9.78 Å². The highest BCUT2D eigenvalue weighted by atomic mass is 35.5. The number of nitrogens with one attached hydrogen (secondary N) is 1. The summed E-state index contributed by atoms with van der Waals surface area (Å²) in [6, 6.07) is 18.9. The van der Waals surface area contributed by atoms with Gasteiger partial charge in [0.15, 0.2) is 6.10 Å². The number of halogens is 1. The van der Waals surface area contributed by atoms with Crippen molar-refractivity contribution in [1.82, 2.24) is 4.98 Å². The molecular weight excluding hydrogens is 360 g/mol. The molecule has 0 aliphatic carbocycles. The van der Waals surface area contributed by atoms with Gasteiger partial charge in [0.2, 0.25) is 0 Å². The lowest BCUT2D eigenvalue weighted by Gasteiger charge is -2.18. The number of hydrogen-bond donors (Lipinski definition) is 1. The van der Waals surface area contributed by atoms with Gasteiger partial charge in [-0.15, -0.1) is 0 Å². The van der Waals surface area contributed by atoms with E-state index in [1.807, 2.05) is 55.5 Å². The van der Waals surface area contributed by atoms with Crippen LogP contribution in [0.3, 0.4) is 0 Å². The number of carbonyl (C=O) groups is 1. The lowest BCUT2D eigenvalue weighted by molar-refractivity contribution is -0.122. The quantitative estimate of drug-likeness (QED) is 0.618. The van der Waals surface area contributed by atoms with Crippen LogP contribution in [-0.4, -0.2) is 17.0 Å². The van der Waals surface area contributed by atoms with Crippen molar-refractivity contribution in [2.75, 3.05) is 5.32 Å². The first-order valence-corrected chi connectivity index (χ1v) is 9.23. The Bertz CT molecular complexity index is 882. The summed E-state index contributed by atoms with van der Waals surface area (Å²) in [7, 11) is 0. The van der Waals surface area contributed by atoms with Gasteiger partial charge in [-0.25, -0.2) is 0 Å². The Morgan fingerprint density at radius 3 is 2.37 bits per heavy atom. The molecule has 1 atom stereocenters. The first kappa shape index (κ1) is 18.9. The fourth-order valence-corrected chi connectivity index (χ4v) is 2.86. The predicted octanol–water partition coefficient (Wildman–Crippen LogP) is 5.12. The van der Waals surface area contributed by atoms with Crippen molar-refractivity contribution < 1.29 is 9.53 Å². The zero-order chi connectivity index (χ0) is 19.1. The highest BCUT2D eigenvalue weighted by Crippen LogP contribution is 2.25. The molecule has 1 heterocycles. The molecule has 0 radical (unpaired) electrons. The van der Waals surface area contributed by atoms with Gasteiger partial charge in [-0.1, -0.05) is 42.8 Å². The van der Waals surface area contributed by atoms with Gasteiger partial charge < -0.3 is 10.1 Å². The van der Waals surface area contributed by atoms with Gasteiger partial charge in [0, 0.05) is 18.1 Å². The Kier molecular flexibility index (Phi) is 6.44. The Labute approximate surface area is 164 Å². The summed E-state index contributed by atoms with van der Waals surface area (Å²) in [6.45, 7) is 1.90. The summed E-state index contributed by atoms with van der Waals surface area (Å²) >= 11 is 6.11. The lowest BCUT2D eigenvalue weighted by atomic mass is 10.1. The largest absolute Gasteiger partial charge is 0.479 e. The molecule has 4 nitrogen and oxygen atoms in total. The molecular formula is C22H21ClN2O2. The number of rotatable bonds is 7. The van der Waals surface area contributed by atoms with Crippen LogP contribution in [0.4, 0.5) is 5.69 Å². The van der Waals surface area contributed by atoms with E-state index in [0.29, 0.717) is 17.2 Å². The maximum Gasteiger partial charge on any atom is 0.265 e. The van der Waals surface area contributed by atoms with Crippen molar-refractivity contribution in [2.24, 2.45) is 0 Å². The minimum atomic E-state index is -0.610. The van der Waals surface area contributed by atoms with Crippen LogP contribution in [0.25, 0.3) is 0 Å². The van der Waals surface area contributed by atoms with E-state index < -0.39 is 6.10 Å². The number of nitrogens with zero attached hydrogens (tertiary/aromatic N) is 1. The van der Waals surface area contributed by atoms with E-state index in [1.165, 1.54) is 11.1 Å². The standard InChI is InChI=1S/C22H21ClN2O2/c1-2-20(27-21-6-4-3-5-19(21)23)22(26)25-18-9-7-16(8-10-18)15-17-11-13-24-14-12-17/h3-14,20H,2,15H2,1H3,(H,25,26)/t20-/m1/s1. The molecule has 0 aliphatic rings. The van der Waals surface area contributed by atoms with Gasteiger partial charge in [-0.05, 0) is 60.4 Å². The Morgan fingerprint density at radius 2 is 1.70 bits per heavy atom. The van der Waals surface area contributed by atoms with E-state index in [4.69, 9.17) is 16.3 Å². The highest BCUT2D eigenvalue weighted by Gasteiger charge is 2.19. The monoisotopic (exact) mass is 380 g/mol. The SMILES string of the molecule is CC[C@@H](Oc1ccccc1Cl)C(=O)Nc1ccc(Cc2ccncc2)cc1. The Morgan fingerprint density at radius 1 is 1.04 bits per heavy atom. The summed E-state index contributed by atoms with van der Waals surface area (Å²) in [5, 5.41) is 3.40. The fourth-order valence-electron chi connectivity index (χ4n) is 2.68. The molecule has 1 N–H and O–H groups in total. The molecule has 1 aromatic heterocycles. The summed E-state index contributed by atoms with van der Waals surface area (Å²) in [5.74, 6) is 0.313. The zero-order valence-electron chi connectivity index (χ0n) is 15.1. The number of hydrogen-bond acceptors (Lipinski definition) is 3. The number of amides is 1. The molecule has 3 rings (SSSR count). The number of ether oxygens (including phenoxy) is 1. The van der Waals surface area contributed by atoms with E-state index in [-0.39, 0.29) is 5.91 Å².